The number of nitrogens with two attached hydrogens (primary N) is 2. The van der Waals surface area contributed by atoms with E-state index in [1.165, 1.54) is 18.3 Å². The number of nitrogens with zero attached hydrogens (tertiary/aromatic N) is 4. The Hall–Kier alpha value is -3.22. The molecule has 0 saturated carbocycles. The Labute approximate surface area is 150 Å². The first-order valence-electron chi connectivity index (χ1n) is 7.28. The minimum Gasteiger partial charge on any atom is -0.382 e. The average Bonchev–Trinajstić information content (AvgIpc) is 2.59. The summed E-state index contributed by atoms with van der Waals surface area (Å²) in [6.45, 7) is 0.151. The standard InChI is InChI=1S/C14H12F3N7O2S/c15-14(16,17)27(25,26)9-3-1-7(2-4-9)20-5-8-6-21-12-10(22-8)11(18)23-13(19)24-12/h1-4,6,20H,5H2,(H4,18,19,21,23,24). The fourth-order valence-corrected chi connectivity index (χ4v) is 2.91. The number of fused-ring (bicyclic) bond motifs is 1. The van der Waals surface area contributed by atoms with Crippen LogP contribution in [-0.2, 0) is 16.4 Å². The third-order valence-electron chi connectivity index (χ3n) is 3.44. The first-order chi connectivity index (χ1) is 12.6. The van der Waals surface area contributed by atoms with E-state index in [2.05, 4.69) is 25.3 Å². The molecule has 13 heteroatoms. The highest BCUT2D eigenvalue weighted by Crippen LogP contribution is 2.30. The van der Waals surface area contributed by atoms with Gasteiger partial charge >= 0.3 is 5.51 Å². The number of halogens is 3. The molecule has 2 heterocycles. The maximum Gasteiger partial charge on any atom is 0.501 e. The van der Waals surface area contributed by atoms with Crippen LogP contribution in [0.1, 0.15) is 5.69 Å². The molecule has 0 saturated heterocycles. The lowest BCUT2D eigenvalue weighted by atomic mass is 10.3. The highest BCUT2D eigenvalue weighted by molar-refractivity contribution is 7.92. The summed E-state index contributed by atoms with van der Waals surface area (Å²) in [7, 11) is -5.38. The number of aromatic nitrogens is 4. The fourth-order valence-electron chi connectivity index (χ4n) is 2.15. The lowest BCUT2D eigenvalue weighted by Crippen LogP contribution is -2.23. The molecule has 1 aromatic carbocycles. The minimum absolute atomic E-state index is 0.0333. The Morgan fingerprint density at radius 3 is 2.33 bits per heavy atom. The van der Waals surface area contributed by atoms with Crippen molar-refractivity contribution in [2.75, 3.05) is 16.8 Å². The summed E-state index contributed by atoms with van der Waals surface area (Å²) in [5.41, 5.74) is 7.17. The molecular weight excluding hydrogens is 387 g/mol. The van der Waals surface area contributed by atoms with Crippen molar-refractivity contribution >= 4 is 38.5 Å². The van der Waals surface area contributed by atoms with Gasteiger partial charge in [-0.25, -0.2) is 18.4 Å². The zero-order valence-electron chi connectivity index (χ0n) is 13.4. The monoisotopic (exact) mass is 399 g/mol. The lowest BCUT2D eigenvalue weighted by Gasteiger charge is -2.10. The average molecular weight is 399 g/mol. The Bertz CT molecular complexity index is 1100. The summed E-state index contributed by atoms with van der Waals surface area (Å²) in [6.07, 6.45) is 1.42. The molecule has 0 fully saturated rings. The van der Waals surface area contributed by atoms with Crippen molar-refractivity contribution in [3.8, 4) is 0 Å². The van der Waals surface area contributed by atoms with Gasteiger partial charge in [0.2, 0.25) is 5.95 Å². The van der Waals surface area contributed by atoms with Crippen molar-refractivity contribution in [2.45, 2.75) is 16.9 Å². The van der Waals surface area contributed by atoms with Crippen LogP contribution >= 0.6 is 0 Å². The van der Waals surface area contributed by atoms with Crippen LogP contribution in [-0.4, -0.2) is 33.9 Å². The molecule has 9 nitrogen and oxygen atoms in total. The van der Waals surface area contributed by atoms with E-state index < -0.39 is 20.2 Å². The van der Waals surface area contributed by atoms with Crippen LogP contribution in [0.2, 0.25) is 0 Å². The molecule has 0 aliphatic rings. The first-order valence-corrected chi connectivity index (χ1v) is 8.76. The second kappa shape index (κ2) is 6.50. The molecule has 0 radical (unpaired) electrons. The molecule has 0 bridgehead atoms. The van der Waals surface area contributed by atoms with E-state index in [9.17, 15) is 21.6 Å². The van der Waals surface area contributed by atoms with Gasteiger partial charge in [0.15, 0.2) is 17.0 Å². The first kappa shape index (κ1) is 18.6. The molecule has 27 heavy (non-hydrogen) atoms. The molecule has 0 aliphatic heterocycles. The van der Waals surface area contributed by atoms with Crippen LogP contribution in [0, 0.1) is 0 Å². The molecule has 0 atom stereocenters. The highest BCUT2D eigenvalue weighted by Gasteiger charge is 2.46. The van der Waals surface area contributed by atoms with Gasteiger partial charge < -0.3 is 16.8 Å². The molecule has 142 valence electrons. The van der Waals surface area contributed by atoms with Gasteiger partial charge in [-0.15, -0.1) is 0 Å². The molecule has 0 amide bonds. The topological polar surface area (TPSA) is 150 Å². The van der Waals surface area contributed by atoms with Crippen LogP contribution in [0.15, 0.2) is 35.4 Å². The van der Waals surface area contributed by atoms with Crippen molar-refractivity contribution in [1.82, 2.24) is 19.9 Å². The number of hydrogen-bond donors (Lipinski definition) is 3. The zero-order valence-corrected chi connectivity index (χ0v) is 14.2. The third kappa shape index (κ3) is 3.67. The smallest absolute Gasteiger partial charge is 0.382 e. The van der Waals surface area contributed by atoms with Crippen molar-refractivity contribution in [2.24, 2.45) is 0 Å². The molecule has 5 N–H and O–H groups in total. The minimum atomic E-state index is -5.38. The summed E-state index contributed by atoms with van der Waals surface area (Å²) in [5, 5.41) is 2.89. The van der Waals surface area contributed by atoms with Gasteiger partial charge in [-0.3, -0.25) is 0 Å². The van der Waals surface area contributed by atoms with E-state index in [0.29, 0.717) is 11.4 Å². The fraction of sp³-hybridized carbons (Fsp3) is 0.143. The largest absolute Gasteiger partial charge is 0.501 e. The van der Waals surface area contributed by atoms with Gasteiger partial charge in [-0.1, -0.05) is 0 Å². The molecule has 0 unspecified atom stereocenters. The Kier molecular flexibility index (Phi) is 4.47. The quantitative estimate of drug-likeness (QED) is 0.593. The number of nitrogens with one attached hydrogen (secondary N) is 1. The maximum absolute atomic E-state index is 12.5. The number of anilines is 3. The van der Waals surface area contributed by atoms with Gasteiger partial charge in [0.05, 0.1) is 23.3 Å². The predicted molar refractivity (Wildman–Crippen MR) is 91.0 cm³/mol. The Morgan fingerprint density at radius 1 is 1.04 bits per heavy atom. The van der Waals surface area contributed by atoms with E-state index in [0.717, 1.165) is 12.1 Å². The van der Waals surface area contributed by atoms with Crippen LogP contribution < -0.4 is 16.8 Å². The summed E-state index contributed by atoms with van der Waals surface area (Å²) in [5.74, 6) is 0.0302. The molecule has 3 rings (SSSR count). The number of nitrogen functional groups attached to an aromatic ring is 2. The van der Waals surface area contributed by atoms with Crippen LogP contribution in [0.4, 0.5) is 30.6 Å². The second-order valence-electron chi connectivity index (χ2n) is 5.33. The van der Waals surface area contributed by atoms with Crippen molar-refractivity contribution in [1.29, 1.82) is 0 Å². The number of alkyl halides is 3. The maximum atomic E-state index is 12.5. The number of hydrogen-bond acceptors (Lipinski definition) is 9. The molecule has 3 aromatic rings. The predicted octanol–water partition coefficient (Wildman–Crippen LogP) is 1.49. The highest BCUT2D eigenvalue weighted by atomic mass is 32.2. The van der Waals surface area contributed by atoms with E-state index in [-0.39, 0.29) is 29.5 Å². The lowest BCUT2D eigenvalue weighted by molar-refractivity contribution is -0.0436. The van der Waals surface area contributed by atoms with Gasteiger partial charge in [-0.2, -0.15) is 23.1 Å². The Balaban J connectivity index is 1.77. The van der Waals surface area contributed by atoms with Crippen LogP contribution in [0.25, 0.3) is 11.2 Å². The molecule has 2 aromatic heterocycles. The van der Waals surface area contributed by atoms with Gasteiger partial charge in [0, 0.05) is 5.69 Å². The summed E-state index contributed by atoms with van der Waals surface area (Å²) < 4.78 is 60.2. The summed E-state index contributed by atoms with van der Waals surface area (Å²) in [6, 6.07) is 4.16. The van der Waals surface area contributed by atoms with Crippen molar-refractivity contribution in [3.63, 3.8) is 0 Å². The van der Waals surface area contributed by atoms with Crippen molar-refractivity contribution in [3.05, 3.63) is 36.2 Å². The molecular formula is C14H12F3N7O2S. The van der Waals surface area contributed by atoms with Crippen LogP contribution in [0.3, 0.4) is 0 Å². The van der Waals surface area contributed by atoms with E-state index in [1.807, 2.05) is 0 Å². The van der Waals surface area contributed by atoms with Gasteiger partial charge in [-0.05, 0) is 24.3 Å². The zero-order chi connectivity index (χ0) is 19.8. The van der Waals surface area contributed by atoms with Gasteiger partial charge in [0.25, 0.3) is 9.84 Å². The van der Waals surface area contributed by atoms with E-state index in [4.69, 9.17) is 11.5 Å². The second-order valence-corrected chi connectivity index (χ2v) is 7.27. The Morgan fingerprint density at radius 2 is 1.70 bits per heavy atom. The number of benzene rings is 1. The number of sulfone groups is 1. The van der Waals surface area contributed by atoms with E-state index in [1.54, 1.807) is 0 Å². The van der Waals surface area contributed by atoms with Crippen LogP contribution in [0.5, 0.6) is 0 Å². The van der Waals surface area contributed by atoms with Gasteiger partial charge in [0.1, 0.15) is 0 Å². The molecule has 0 spiro atoms. The SMILES string of the molecule is Nc1nc(N)c2nc(CNc3ccc(S(=O)(=O)C(F)(F)F)cc3)cnc2n1. The van der Waals surface area contributed by atoms with E-state index >= 15 is 0 Å². The third-order valence-corrected chi connectivity index (χ3v) is 4.95. The van der Waals surface area contributed by atoms with Crippen molar-refractivity contribution < 1.29 is 21.6 Å². The number of rotatable bonds is 4. The summed E-state index contributed by atoms with van der Waals surface area (Å²) in [4.78, 5) is 15.2. The summed E-state index contributed by atoms with van der Waals surface area (Å²) >= 11 is 0. The normalized spacial score (nSPS) is 12.3. The molecule has 0 aliphatic carbocycles.